The van der Waals surface area contributed by atoms with Crippen LogP contribution in [0.15, 0.2) is 29.1 Å². The fourth-order valence-corrected chi connectivity index (χ4v) is 1.86. The summed E-state index contributed by atoms with van der Waals surface area (Å²) in [5.74, 6) is 0.136. The van der Waals surface area contributed by atoms with E-state index in [-0.39, 0.29) is 15.0 Å². The van der Waals surface area contributed by atoms with Crippen molar-refractivity contribution in [3.8, 4) is 5.88 Å². The third-order valence-electron chi connectivity index (χ3n) is 2.21. The molecule has 2 aromatic rings. The van der Waals surface area contributed by atoms with E-state index in [0.717, 1.165) is 5.56 Å². The molecule has 0 aliphatic carbocycles. The Morgan fingerprint density at radius 2 is 2.12 bits per heavy atom. The van der Waals surface area contributed by atoms with E-state index in [0.29, 0.717) is 17.3 Å². The number of nitrogens with zero attached hydrogens (tertiary/aromatic N) is 1. The summed E-state index contributed by atoms with van der Waals surface area (Å²) in [4.78, 5) is 17.9. The third-order valence-corrected chi connectivity index (χ3v) is 3.55. The minimum Gasteiger partial charge on any atom is -0.492 e. The van der Waals surface area contributed by atoms with Gasteiger partial charge in [-0.25, -0.2) is 0 Å². The first kappa shape index (κ1) is 12.4. The maximum Gasteiger partial charge on any atom is 0.268 e. The molecule has 0 atom stereocenters. The highest BCUT2D eigenvalue weighted by molar-refractivity contribution is 14.1. The van der Waals surface area contributed by atoms with Crippen molar-refractivity contribution in [2.45, 2.75) is 6.42 Å². The van der Waals surface area contributed by atoms with Crippen LogP contribution in [-0.4, -0.2) is 15.1 Å². The Morgan fingerprint density at radius 1 is 1.41 bits per heavy atom. The van der Waals surface area contributed by atoms with Crippen LogP contribution in [0.4, 0.5) is 0 Å². The third kappa shape index (κ3) is 2.78. The summed E-state index contributed by atoms with van der Waals surface area (Å²) in [5, 5.41) is 10.1. The Kier molecular flexibility index (Phi) is 3.68. The van der Waals surface area contributed by atoms with E-state index in [4.69, 9.17) is 11.6 Å². The van der Waals surface area contributed by atoms with Crippen molar-refractivity contribution in [3.05, 3.63) is 54.6 Å². The Hall–Kier alpha value is -1.08. The number of aromatic amines is 1. The van der Waals surface area contributed by atoms with E-state index >= 15 is 0 Å². The highest BCUT2D eigenvalue weighted by Gasteiger charge is 2.09. The first-order chi connectivity index (χ1) is 8.08. The molecule has 0 amide bonds. The minimum atomic E-state index is -0.347. The Balaban J connectivity index is 2.38. The van der Waals surface area contributed by atoms with Gasteiger partial charge in [-0.3, -0.25) is 4.79 Å². The smallest absolute Gasteiger partial charge is 0.268 e. The van der Waals surface area contributed by atoms with Gasteiger partial charge in [-0.15, -0.1) is 0 Å². The van der Waals surface area contributed by atoms with Crippen LogP contribution in [0.3, 0.4) is 0 Å². The summed E-state index contributed by atoms with van der Waals surface area (Å²) in [7, 11) is 0. The summed E-state index contributed by atoms with van der Waals surface area (Å²) in [6, 6.07) is 7.29. The van der Waals surface area contributed by atoms with E-state index in [1.54, 1.807) is 28.7 Å². The lowest BCUT2D eigenvalue weighted by atomic mass is 10.1. The quantitative estimate of drug-likeness (QED) is 0.806. The van der Waals surface area contributed by atoms with Crippen molar-refractivity contribution in [2.24, 2.45) is 0 Å². The monoisotopic (exact) mass is 362 g/mol. The predicted octanol–water partition coefficient (Wildman–Crippen LogP) is 2.32. The van der Waals surface area contributed by atoms with E-state index in [1.807, 2.05) is 18.2 Å². The van der Waals surface area contributed by atoms with Gasteiger partial charge in [-0.05, 0) is 34.2 Å². The summed E-state index contributed by atoms with van der Waals surface area (Å²) in [5.41, 5.74) is 0.498. The van der Waals surface area contributed by atoms with Gasteiger partial charge in [0.1, 0.15) is 9.39 Å². The van der Waals surface area contributed by atoms with Crippen LogP contribution in [0, 0.1) is 3.57 Å². The Bertz CT molecular complexity index is 613. The van der Waals surface area contributed by atoms with Gasteiger partial charge >= 0.3 is 0 Å². The number of hydrogen-bond donors (Lipinski definition) is 2. The van der Waals surface area contributed by atoms with Crippen LogP contribution in [0.2, 0.25) is 5.02 Å². The van der Waals surface area contributed by atoms with Gasteiger partial charge in [-0.1, -0.05) is 29.8 Å². The molecule has 0 saturated carbocycles. The molecule has 1 aromatic heterocycles. The zero-order chi connectivity index (χ0) is 12.4. The number of H-pyrrole nitrogens is 1. The summed E-state index contributed by atoms with van der Waals surface area (Å²) >= 11 is 7.74. The molecule has 4 nitrogen and oxygen atoms in total. The number of hydrogen-bond acceptors (Lipinski definition) is 3. The maximum atomic E-state index is 11.4. The van der Waals surface area contributed by atoms with Crippen LogP contribution in [0.5, 0.6) is 5.88 Å². The molecule has 0 unspecified atom stereocenters. The molecule has 1 aromatic carbocycles. The second-order valence-corrected chi connectivity index (χ2v) is 4.90. The molecular weight excluding hydrogens is 354 g/mol. The number of benzene rings is 1. The average Bonchev–Trinajstić information content (AvgIpc) is 2.29. The van der Waals surface area contributed by atoms with Crippen molar-refractivity contribution in [1.82, 2.24) is 9.97 Å². The van der Waals surface area contributed by atoms with Gasteiger partial charge in [0.05, 0.1) is 0 Å². The highest BCUT2D eigenvalue weighted by atomic mass is 127. The topological polar surface area (TPSA) is 66.0 Å². The van der Waals surface area contributed by atoms with Gasteiger partial charge < -0.3 is 10.1 Å². The Labute approximate surface area is 116 Å². The number of aromatic nitrogens is 2. The van der Waals surface area contributed by atoms with E-state index < -0.39 is 0 Å². The molecule has 2 N–H and O–H groups in total. The molecule has 0 saturated heterocycles. The second-order valence-electron chi connectivity index (χ2n) is 3.42. The molecule has 0 aliphatic rings. The molecule has 6 heteroatoms. The molecule has 2 rings (SSSR count). The molecule has 0 bridgehead atoms. The normalized spacial score (nSPS) is 10.5. The van der Waals surface area contributed by atoms with Gasteiger partial charge in [0.15, 0.2) is 0 Å². The van der Waals surface area contributed by atoms with Crippen LogP contribution >= 0.6 is 34.2 Å². The van der Waals surface area contributed by atoms with Gasteiger partial charge in [-0.2, -0.15) is 4.98 Å². The van der Waals surface area contributed by atoms with Crippen molar-refractivity contribution >= 4 is 34.2 Å². The Morgan fingerprint density at radius 3 is 2.76 bits per heavy atom. The molecule has 0 aliphatic heterocycles. The fraction of sp³-hybridized carbons (Fsp3) is 0.0909. The van der Waals surface area contributed by atoms with E-state index in [1.165, 1.54) is 0 Å². The van der Waals surface area contributed by atoms with Crippen molar-refractivity contribution in [1.29, 1.82) is 0 Å². The minimum absolute atomic E-state index is 0.186. The van der Waals surface area contributed by atoms with Crippen molar-refractivity contribution in [3.63, 3.8) is 0 Å². The predicted molar refractivity (Wildman–Crippen MR) is 73.5 cm³/mol. The van der Waals surface area contributed by atoms with E-state index in [2.05, 4.69) is 9.97 Å². The molecule has 0 radical (unpaired) electrons. The SMILES string of the molecule is O=c1[nH]c(Cc2ccccc2Cl)nc(O)c1I. The zero-order valence-electron chi connectivity index (χ0n) is 8.58. The van der Waals surface area contributed by atoms with E-state index in [9.17, 15) is 9.90 Å². The molecule has 0 fully saturated rings. The molecule has 1 heterocycles. The first-order valence-corrected chi connectivity index (χ1v) is 6.24. The number of halogens is 2. The molecule has 17 heavy (non-hydrogen) atoms. The van der Waals surface area contributed by atoms with Crippen LogP contribution in [0.25, 0.3) is 0 Å². The maximum absolute atomic E-state index is 11.4. The lowest BCUT2D eigenvalue weighted by molar-refractivity contribution is 0.443. The fourth-order valence-electron chi connectivity index (χ4n) is 1.40. The zero-order valence-corrected chi connectivity index (χ0v) is 11.5. The lowest BCUT2D eigenvalue weighted by Gasteiger charge is -2.04. The average molecular weight is 363 g/mol. The molecule has 88 valence electrons. The number of nitrogens with one attached hydrogen (secondary N) is 1. The van der Waals surface area contributed by atoms with Crippen LogP contribution in [-0.2, 0) is 6.42 Å². The number of aromatic hydroxyl groups is 1. The number of rotatable bonds is 2. The van der Waals surface area contributed by atoms with Crippen molar-refractivity contribution in [2.75, 3.05) is 0 Å². The first-order valence-electron chi connectivity index (χ1n) is 4.79. The standard InChI is InChI=1S/C11H8ClIN2O2/c12-7-4-2-1-3-6(7)5-8-14-10(16)9(13)11(17)15-8/h1-4H,5H2,(H2,14,15,16,17). The molecular formula is C11H8ClIN2O2. The van der Waals surface area contributed by atoms with Gasteiger partial charge in [0.2, 0.25) is 5.88 Å². The van der Waals surface area contributed by atoms with Crippen LogP contribution in [0.1, 0.15) is 11.4 Å². The highest BCUT2D eigenvalue weighted by Crippen LogP contribution is 2.18. The summed E-state index contributed by atoms with van der Waals surface area (Å²) < 4.78 is 0.186. The summed E-state index contributed by atoms with van der Waals surface area (Å²) in [6.07, 6.45) is 0.374. The van der Waals surface area contributed by atoms with Crippen molar-refractivity contribution < 1.29 is 5.11 Å². The largest absolute Gasteiger partial charge is 0.492 e. The summed E-state index contributed by atoms with van der Waals surface area (Å²) in [6.45, 7) is 0. The lowest BCUT2D eigenvalue weighted by Crippen LogP contribution is -2.14. The van der Waals surface area contributed by atoms with Crippen LogP contribution < -0.4 is 5.56 Å². The molecule has 0 spiro atoms. The van der Waals surface area contributed by atoms with Gasteiger partial charge in [0.25, 0.3) is 5.56 Å². The van der Waals surface area contributed by atoms with Gasteiger partial charge in [0, 0.05) is 11.4 Å². The second kappa shape index (κ2) is 5.05.